The van der Waals surface area contributed by atoms with E-state index >= 15 is 0 Å². The third-order valence-corrected chi connectivity index (χ3v) is 14.7. The van der Waals surface area contributed by atoms with E-state index in [4.69, 9.17) is 14.2 Å². The van der Waals surface area contributed by atoms with Gasteiger partial charge >= 0.3 is 17.9 Å². The Balaban J connectivity index is 4.31. The smallest absolute Gasteiger partial charge is 0.306 e. The van der Waals surface area contributed by atoms with E-state index in [-0.39, 0.29) is 37.5 Å². The number of ether oxygens (including phenoxy) is 3. The maximum absolute atomic E-state index is 12.9. The first kappa shape index (κ1) is 73.8. The number of rotatable bonds is 61. The molecule has 0 aromatic rings. The van der Waals surface area contributed by atoms with Crippen molar-refractivity contribution >= 4 is 17.9 Å². The van der Waals surface area contributed by atoms with Gasteiger partial charge < -0.3 is 14.2 Å². The zero-order chi connectivity index (χ0) is 55.7. The maximum Gasteiger partial charge on any atom is 0.306 e. The molecular weight excluding hydrogens is 949 g/mol. The first-order valence-electron chi connectivity index (χ1n) is 33.4. The lowest BCUT2D eigenvalue weighted by atomic mass is 10.0. The summed E-state index contributed by atoms with van der Waals surface area (Å²) in [6.45, 7) is 6.50. The van der Waals surface area contributed by atoms with Crippen LogP contribution in [0.3, 0.4) is 0 Å². The molecule has 0 N–H and O–H groups in total. The summed E-state index contributed by atoms with van der Waals surface area (Å²) in [4.78, 5) is 38.3. The SMILES string of the molecule is CC/C=C\C/C=C\C/C=C\C/C=C\CCC(=O)OCC(COC(=O)CCCCCCCCCCCCCCC/C=C\CCCCCCCCCC)OC(=O)CCCCCCCCCCC/C=C\CCCCCCCCCC. The van der Waals surface area contributed by atoms with Gasteiger partial charge in [-0.15, -0.1) is 0 Å². The minimum Gasteiger partial charge on any atom is -0.462 e. The standard InChI is InChI=1S/C71H126O6/c1-4-7-10-13-16-19-22-25-27-29-31-33-34-35-36-38-39-41-43-46-49-52-55-58-61-64-70(73)76-67-68(66-75-69(72)63-60-57-54-51-48-45-24-21-18-15-12-9-6-3)77-71(74)65-62-59-56-53-50-47-44-42-40-37-32-30-28-26-23-20-17-14-11-8-5-2/h9,12,18,21,29-32,45,48,54,57,68H,4-8,10-11,13-17,19-20,22-28,33-44,46-47,49-53,55-56,58-67H2,1-3H3/b12-9-,21-18-,31-29-,32-30-,48-45-,57-54-. The van der Waals surface area contributed by atoms with Gasteiger partial charge in [-0.2, -0.15) is 0 Å². The summed E-state index contributed by atoms with van der Waals surface area (Å²) < 4.78 is 16.9. The molecule has 1 atom stereocenters. The molecule has 0 spiro atoms. The number of carbonyl (C=O) groups is 3. The molecule has 77 heavy (non-hydrogen) atoms. The van der Waals surface area contributed by atoms with E-state index in [1.165, 1.54) is 231 Å². The molecule has 446 valence electrons. The Morgan fingerprint density at radius 1 is 0.273 bits per heavy atom. The molecule has 0 saturated heterocycles. The Kier molecular flexibility index (Phi) is 62.7. The van der Waals surface area contributed by atoms with Crippen molar-refractivity contribution in [3.63, 3.8) is 0 Å². The van der Waals surface area contributed by atoms with Crippen LogP contribution in [0.5, 0.6) is 0 Å². The number of allylic oxidation sites excluding steroid dienone is 12. The Labute approximate surface area is 478 Å². The van der Waals surface area contributed by atoms with Crippen LogP contribution in [0.2, 0.25) is 0 Å². The molecule has 0 amide bonds. The van der Waals surface area contributed by atoms with Gasteiger partial charge in [0.1, 0.15) is 13.2 Å². The van der Waals surface area contributed by atoms with Crippen molar-refractivity contribution < 1.29 is 28.6 Å². The highest BCUT2D eigenvalue weighted by atomic mass is 16.6. The van der Waals surface area contributed by atoms with Crippen LogP contribution in [0.15, 0.2) is 72.9 Å². The summed E-state index contributed by atoms with van der Waals surface area (Å²) in [6.07, 6.45) is 85.1. The topological polar surface area (TPSA) is 78.9 Å². The van der Waals surface area contributed by atoms with Crippen LogP contribution in [0.1, 0.15) is 342 Å². The normalized spacial score (nSPS) is 12.5. The first-order chi connectivity index (χ1) is 38.0. The van der Waals surface area contributed by atoms with Crippen LogP contribution < -0.4 is 0 Å². The van der Waals surface area contributed by atoms with E-state index in [0.717, 1.165) is 64.2 Å². The predicted molar refractivity (Wildman–Crippen MR) is 335 cm³/mol. The Hall–Kier alpha value is -3.15. The van der Waals surface area contributed by atoms with Gasteiger partial charge in [-0.05, 0) is 96.3 Å². The van der Waals surface area contributed by atoms with Crippen molar-refractivity contribution in [3.05, 3.63) is 72.9 Å². The van der Waals surface area contributed by atoms with Gasteiger partial charge in [0.25, 0.3) is 0 Å². The predicted octanol–water partition coefficient (Wildman–Crippen LogP) is 22.9. The quantitative estimate of drug-likeness (QED) is 0.0261. The number of hydrogen-bond acceptors (Lipinski definition) is 6. The number of carbonyl (C=O) groups excluding carboxylic acids is 3. The summed E-state index contributed by atoms with van der Waals surface area (Å²) >= 11 is 0. The average molecular weight is 1080 g/mol. The Morgan fingerprint density at radius 2 is 0.532 bits per heavy atom. The van der Waals surface area contributed by atoms with Gasteiger partial charge in [-0.1, -0.05) is 299 Å². The second-order valence-corrected chi connectivity index (χ2v) is 22.3. The van der Waals surface area contributed by atoms with E-state index in [0.29, 0.717) is 19.3 Å². The van der Waals surface area contributed by atoms with Crippen LogP contribution in [0.25, 0.3) is 0 Å². The Bertz CT molecular complexity index is 1420. The molecule has 0 heterocycles. The van der Waals surface area contributed by atoms with Gasteiger partial charge in [0.05, 0.1) is 0 Å². The van der Waals surface area contributed by atoms with Crippen molar-refractivity contribution in [2.75, 3.05) is 13.2 Å². The monoisotopic (exact) mass is 1070 g/mol. The molecule has 1 unspecified atom stereocenters. The van der Waals surface area contributed by atoms with Crippen molar-refractivity contribution in [3.8, 4) is 0 Å². The minimum atomic E-state index is -0.806. The van der Waals surface area contributed by atoms with Crippen molar-refractivity contribution in [1.82, 2.24) is 0 Å². The van der Waals surface area contributed by atoms with E-state index in [1.54, 1.807) is 0 Å². The number of hydrogen-bond donors (Lipinski definition) is 0. The third kappa shape index (κ3) is 63.6. The van der Waals surface area contributed by atoms with E-state index in [1.807, 2.05) is 6.08 Å². The number of esters is 3. The van der Waals surface area contributed by atoms with Crippen LogP contribution in [-0.2, 0) is 28.6 Å². The molecule has 0 aromatic heterocycles. The average Bonchev–Trinajstić information content (AvgIpc) is 3.43. The molecule has 0 bridgehead atoms. The van der Waals surface area contributed by atoms with Crippen LogP contribution >= 0.6 is 0 Å². The first-order valence-corrected chi connectivity index (χ1v) is 33.4. The van der Waals surface area contributed by atoms with E-state index < -0.39 is 6.10 Å². The van der Waals surface area contributed by atoms with Gasteiger partial charge in [-0.25, -0.2) is 0 Å². The van der Waals surface area contributed by atoms with Crippen LogP contribution in [0, 0.1) is 0 Å². The summed E-state index contributed by atoms with van der Waals surface area (Å²) in [6, 6.07) is 0. The summed E-state index contributed by atoms with van der Waals surface area (Å²) in [5.41, 5.74) is 0. The second-order valence-electron chi connectivity index (χ2n) is 22.3. The zero-order valence-corrected chi connectivity index (χ0v) is 51.2. The largest absolute Gasteiger partial charge is 0.462 e. The van der Waals surface area contributed by atoms with Gasteiger partial charge in [-0.3, -0.25) is 14.4 Å². The summed E-state index contributed by atoms with van der Waals surface area (Å²) in [7, 11) is 0. The fourth-order valence-electron chi connectivity index (χ4n) is 9.68. The molecule has 0 rings (SSSR count). The van der Waals surface area contributed by atoms with Crippen molar-refractivity contribution in [2.24, 2.45) is 0 Å². The van der Waals surface area contributed by atoms with Gasteiger partial charge in [0.15, 0.2) is 6.10 Å². The molecule has 0 fully saturated rings. The highest BCUT2D eigenvalue weighted by Gasteiger charge is 2.19. The van der Waals surface area contributed by atoms with Crippen LogP contribution in [-0.4, -0.2) is 37.2 Å². The summed E-state index contributed by atoms with van der Waals surface area (Å²) in [5.74, 6) is -0.968. The second kappa shape index (κ2) is 65.4. The highest BCUT2D eigenvalue weighted by Crippen LogP contribution is 2.17. The molecule has 0 radical (unpaired) electrons. The van der Waals surface area contributed by atoms with Crippen LogP contribution in [0.4, 0.5) is 0 Å². The van der Waals surface area contributed by atoms with Gasteiger partial charge in [0, 0.05) is 19.3 Å². The Morgan fingerprint density at radius 3 is 0.870 bits per heavy atom. The molecule has 0 aliphatic rings. The van der Waals surface area contributed by atoms with Gasteiger partial charge in [0.2, 0.25) is 0 Å². The molecule has 0 saturated carbocycles. The third-order valence-electron chi connectivity index (χ3n) is 14.7. The molecule has 0 aliphatic heterocycles. The minimum absolute atomic E-state index is 0.0961. The number of unbranched alkanes of at least 4 members (excludes halogenated alkanes) is 38. The summed E-state index contributed by atoms with van der Waals surface area (Å²) in [5, 5.41) is 0. The lowest BCUT2D eigenvalue weighted by Gasteiger charge is -2.18. The maximum atomic E-state index is 12.9. The molecule has 6 nitrogen and oxygen atoms in total. The zero-order valence-electron chi connectivity index (χ0n) is 51.2. The molecule has 6 heteroatoms. The highest BCUT2D eigenvalue weighted by molar-refractivity contribution is 5.71. The molecule has 0 aromatic carbocycles. The van der Waals surface area contributed by atoms with Crippen molar-refractivity contribution in [2.45, 2.75) is 348 Å². The fourth-order valence-corrected chi connectivity index (χ4v) is 9.68. The van der Waals surface area contributed by atoms with E-state index in [9.17, 15) is 14.4 Å². The molecular formula is C71H126O6. The van der Waals surface area contributed by atoms with E-state index in [2.05, 4.69) is 87.6 Å². The lowest BCUT2D eigenvalue weighted by molar-refractivity contribution is -0.166. The molecule has 0 aliphatic carbocycles. The fraction of sp³-hybridized carbons (Fsp3) is 0.789. The van der Waals surface area contributed by atoms with Crippen molar-refractivity contribution in [1.29, 1.82) is 0 Å². The lowest BCUT2D eigenvalue weighted by Crippen LogP contribution is -2.30.